The van der Waals surface area contributed by atoms with Gasteiger partial charge in [0.2, 0.25) is 0 Å². The number of carbonyl (C=O) groups excluding carboxylic acids is 1. The Bertz CT molecular complexity index is 309. The molecule has 0 unspecified atom stereocenters. The lowest BCUT2D eigenvalue weighted by atomic mass is 10.1. The van der Waals surface area contributed by atoms with E-state index in [0.29, 0.717) is 11.6 Å². The van der Waals surface area contributed by atoms with Crippen LogP contribution < -0.4 is 11.1 Å². The summed E-state index contributed by atoms with van der Waals surface area (Å²) < 4.78 is 0. The maximum Gasteiger partial charge on any atom is 0.316 e. The topological polar surface area (TPSA) is 68.0 Å². The van der Waals surface area contributed by atoms with Crippen LogP contribution >= 0.6 is 0 Å². The van der Waals surface area contributed by atoms with Crippen molar-refractivity contribution in [1.29, 1.82) is 0 Å². The van der Waals surface area contributed by atoms with Crippen LogP contribution in [0.1, 0.15) is 25.3 Å². The average Bonchev–Trinajstić information content (AvgIpc) is 2.03. The maximum atomic E-state index is 10.5. The molecule has 1 aromatic rings. The van der Waals surface area contributed by atoms with Crippen LogP contribution in [0.2, 0.25) is 0 Å². The molecule has 0 aliphatic rings. The van der Waals surface area contributed by atoms with Crippen molar-refractivity contribution in [2.24, 2.45) is 5.73 Å². The highest BCUT2D eigenvalue weighted by Crippen LogP contribution is 2.16. The van der Waals surface area contributed by atoms with E-state index in [9.17, 15) is 4.79 Å². The molecule has 4 heteroatoms. The van der Waals surface area contributed by atoms with Crippen LogP contribution in [0.5, 0.6) is 0 Å². The van der Waals surface area contributed by atoms with Gasteiger partial charge in [-0.3, -0.25) is 4.98 Å². The predicted molar refractivity (Wildman–Crippen MR) is 51.5 cm³/mol. The van der Waals surface area contributed by atoms with E-state index in [2.05, 4.69) is 24.1 Å². The molecule has 0 atom stereocenters. The molecule has 0 aromatic carbocycles. The molecule has 0 fully saturated rings. The van der Waals surface area contributed by atoms with Gasteiger partial charge in [-0.25, -0.2) is 4.79 Å². The van der Waals surface area contributed by atoms with Gasteiger partial charge in [0, 0.05) is 6.20 Å². The number of anilines is 1. The fourth-order valence-corrected chi connectivity index (χ4v) is 0.984. The summed E-state index contributed by atoms with van der Waals surface area (Å²) in [5, 5.41) is 2.48. The molecule has 13 heavy (non-hydrogen) atoms. The van der Waals surface area contributed by atoms with Gasteiger partial charge < -0.3 is 11.1 Å². The molecule has 0 saturated carbocycles. The van der Waals surface area contributed by atoms with Crippen molar-refractivity contribution in [2.75, 3.05) is 5.32 Å². The zero-order valence-corrected chi connectivity index (χ0v) is 7.74. The Balaban J connectivity index is 2.85. The van der Waals surface area contributed by atoms with Gasteiger partial charge in [-0.1, -0.05) is 13.8 Å². The van der Waals surface area contributed by atoms with E-state index in [-0.39, 0.29) is 0 Å². The lowest BCUT2D eigenvalue weighted by Crippen LogP contribution is -2.19. The van der Waals surface area contributed by atoms with Crippen molar-refractivity contribution in [3.05, 3.63) is 24.0 Å². The Morgan fingerprint density at radius 3 is 2.77 bits per heavy atom. The second-order valence-electron chi connectivity index (χ2n) is 3.15. The van der Waals surface area contributed by atoms with Gasteiger partial charge in [0.05, 0.1) is 11.9 Å². The zero-order chi connectivity index (χ0) is 9.84. The Labute approximate surface area is 77.2 Å². The fraction of sp³-hybridized carbons (Fsp3) is 0.333. The van der Waals surface area contributed by atoms with Crippen molar-refractivity contribution in [3.8, 4) is 0 Å². The van der Waals surface area contributed by atoms with E-state index in [1.54, 1.807) is 12.4 Å². The number of pyridine rings is 1. The van der Waals surface area contributed by atoms with Gasteiger partial charge >= 0.3 is 6.03 Å². The van der Waals surface area contributed by atoms with Crippen LogP contribution in [0, 0.1) is 0 Å². The minimum absolute atomic E-state index is 0.391. The summed E-state index contributed by atoms with van der Waals surface area (Å²) in [6.07, 6.45) is 3.34. The fourth-order valence-electron chi connectivity index (χ4n) is 0.984. The normalized spacial score (nSPS) is 10.1. The van der Waals surface area contributed by atoms with Gasteiger partial charge in [-0.05, 0) is 17.5 Å². The molecule has 0 bridgehead atoms. The van der Waals surface area contributed by atoms with Crippen molar-refractivity contribution in [3.63, 3.8) is 0 Å². The molecule has 0 aliphatic carbocycles. The second-order valence-corrected chi connectivity index (χ2v) is 3.15. The van der Waals surface area contributed by atoms with Crippen LogP contribution in [0.3, 0.4) is 0 Å². The number of nitrogens with two attached hydrogens (primary N) is 1. The van der Waals surface area contributed by atoms with E-state index in [1.165, 1.54) is 0 Å². The summed E-state index contributed by atoms with van der Waals surface area (Å²) in [5.74, 6) is 0.391. The van der Waals surface area contributed by atoms with Gasteiger partial charge in [0.1, 0.15) is 0 Å². The molecule has 2 amide bonds. The average molecular weight is 179 g/mol. The van der Waals surface area contributed by atoms with Crippen LogP contribution in [0.4, 0.5) is 10.5 Å². The van der Waals surface area contributed by atoms with Crippen LogP contribution in [0.25, 0.3) is 0 Å². The Kier molecular flexibility index (Phi) is 2.84. The van der Waals surface area contributed by atoms with Crippen LogP contribution in [0.15, 0.2) is 18.5 Å². The number of hydrogen-bond donors (Lipinski definition) is 2. The standard InChI is InChI=1S/C9H13N3O/c1-6(2)7-3-8(5-11-4-7)12-9(10)13/h3-6H,1-2H3,(H3,10,12,13). The number of nitrogens with zero attached hydrogens (tertiary/aromatic N) is 1. The highest BCUT2D eigenvalue weighted by atomic mass is 16.2. The summed E-state index contributed by atoms with van der Waals surface area (Å²) in [7, 11) is 0. The largest absolute Gasteiger partial charge is 0.351 e. The number of urea groups is 1. The van der Waals surface area contributed by atoms with Crippen molar-refractivity contribution < 1.29 is 4.79 Å². The monoisotopic (exact) mass is 179 g/mol. The van der Waals surface area contributed by atoms with E-state index in [1.807, 2.05) is 6.07 Å². The first-order valence-electron chi connectivity index (χ1n) is 4.11. The van der Waals surface area contributed by atoms with E-state index in [4.69, 9.17) is 5.73 Å². The van der Waals surface area contributed by atoms with Crippen molar-refractivity contribution >= 4 is 11.7 Å². The first kappa shape index (κ1) is 9.51. The third-order valence-electron chi connectivity index (χ3n) is 1.69. The van der Waals surface area contributed by atoms with Gasteiger partial charge in [0.15, 0.2) is 0 Å². The number of hydrogen-bond acceptors (Lipinski definition) is 2. The third-order valence-corrected chi connectivity index (χ3v) is 1.69. The molecule has 0 aliphatic heterocycles. The number of aromatic nitrogens is 1. The molecule has 4 nitrogen and oxygen atoms in total. The van der Waals surface area contributed by atoms with E-state index >= 15 is 0 Å². The van der Waals surface area contributed by atoms with Crippen molar-refractivity contribution in [2.45, 2.75) is 19.8 Å². The number of nitrogens with one attached hydrogen (secondary N) is 1. The maximum absolute atomic E-state index is 10.5. The molecular weight excluding hydrogens is 166 g/mol. The number of carbonyl (C=O) groups is 1. The quantitative estimate of drug-likeness (QED) is 0.725. The van der Waals surface area contributed by atoms with Crippen LogP contribution in [-0.2, 0) is 0 Å². The Hall–Kier alpha value is -1.58. The molecule has 1 aromatic heterocycles. The van der Waals surface area contributed by atoms with Crippen LogP contribution in [-0.4, -0.2) is 11.0 Å². The lowest BCUT2D eigenvalue weighted by Gasteiger charge is -2.06. The highest BCUT2D eigenvalue weighted by molar-refractivity contribution is 5.87. The van der Waals surface area contributed by atoms with E-state index in [0.717, 1.165) is 5.56 Å². The SMILES string of the molecule is CC(C)c1cncc(NC(N)=O)c1. The molecule has 1 heterocycles. The summed E-state index contributed by atoms with van der Waals surface area (Å²) in [6, 6.07) is 1.30. The zero-order valence-electron chi connectivity index (χ0n) is 7.74. The second kappa shape index (κ2) is 3.89. The third kappa shape index (κ3) is 2.74. The first-order valence-corrected chi connectivity index (χ1v) is 4.11. The smallest absolute Gasteiger partial charge is 0.316 e. The number of rotatable bonds is 2. The van der Waals surface area contributed by atoms with E-state index < -0.39 is 6.03 Å². The molecule has 70 valence electrons. The van der Waals surface area contributed by atoms with Gasteiger partial charge in [-0.15, -0.1) is 0 Å². The molecule has 3 N–H and O–H groups in total. The molecule has 0 spiro atoms. The summed E-state index contributed by atoms with van der Waals surface area (Å²) >= 11 is 0. The number of primary amides is 1. The highest BCUT2D eigenvalue weighted by Gasteiger charge is 2.01. The summed E-state index contributed by atoms with van der Waals surface area (Å²) in [4.78, 5) is 14.5. The minimum atomic E-state index is -0.567. The molecule has 0 saturated heterocycles. The summed E-state index contributed by atoms with van der Waals surface area (Å²) in [5.41, 5.74) is 6.69. The summed E-state index contributed by atoms with van der Waals surface area (Å²) in [6.45, 7) is 4.12. The van der Waals surface area contributed by atoms with Gasteiger partial charge in [0.25, 0.3) is 0 Å². The van der Waals surface area contributed by atoms with Gasteiger partial charge in [-0.2, -0.15) is 0 Å². The lowest BCUT2D eigenvalue weighted by molar-refractivity contribution is 0.259. The molecule has 0 radical (unpaired) electrons. The number of amides is 2. The molecular formula is C9H13N3O. The Morgan fingerprint density at radius 1 is 1.54 bits per heavy atom. The Morgan fingerprint density at radius 2 is 2.23 bits per heavy atom. The predicted octanol–water partition coefficient (Wildman–Crippen LogP) is 1.70. The first-order chi connectivity index (χ1) is 6.09. The van der Waals surface area contributed by atoms with Crippen molar-refractivity contribution in [1.82, 2.24) is 4.98 Å². The molecule has 1 rings (SSSR count). The minimum Gasteiger partial charge on any atom is -0.351 e.